The molecule has 1 aliphatic heterocycles. The number of carbonyl (C=O) groups is 3. The number of amides is 1. The third-order valence-corrected chi connectivity index (χ3v) is 9.82. The Balaban J connectivity index is 2.52. The van der Waals surface area contributed by atoms with Crippen LogP contribution in [0.15, 0.2) is 0 Å². The topological polar surface area (TPSA) is 96.4 Å². The van der Waals surface area contributed by atoms with Crippen molar-refractivity contribution in [3.63, 3.8) is 0 Å². The maximum Gasteiger partial charge on any atom is 0.305 e. The van der Waals surface area contributed by atoms with Crippen molar-refractivity contribution in [2.24, 2.45) is 5.41 Å². The lowest BCUT2D eigenvalue weighted by Crippen LogP contribution is -2.48. The average molecular weight is 667 g/mol. The van der Waals surface area contributed by atoms with Crippen LogP contribution < -0.4 is 0 Å². The van der Waals surface area contributed by atoms with Crippen LogP contribution in [0.4, 0.5) is 0 Å². The lowest BCUT2D eigenvalue weighted by Gasteiger charge is -2.41. The van der Waals surface area contributed by atoms with Crippen LogP contribution in [-0.4, -0.2) is 85.3 Å². The van der Waals surface area contributed by atoms with E-state index < -0.39 is 5.41 Å². The van der Waals surface area contributed by atoms with Gasteiger partial charge < -0.3 is 24.4 Å². The highest BCUT2D eigenvalue weighted by molar-refractivity contribution is 5.76. The van der Waals surface area contributed by atoms with Crippen molar-refractivity contribution in [1.29, 1.82) is 0 Å². The summed E-state index contributed by atoms with van der Waals surface area (Å²) in [7, 11) is 0. The van der Waals surface area contributed by atoms with E-state index in [-0.39, 0.29) is 37.7 Å². The molecule has 0 atom stereocenters. The van der Waals surface area contributed by atoms with E-state index in [9.17, 15) is 19.5 Å². The van der Waals surface area contributed by atoms with Gasteiger partial charge in [-0.1, -0.05) is 124 Å². The van der Waals surface area contributed by atoms with Gasteiger partial charge in [-0.25, -0.2) is 0 Å². The molecule has 0 radical (unpaired) electrons. The number of hydrogen-bond donors (Lipinski definition) is 1. The van der Waals surface area contributed by atoms with Crippen molar-refractivity contribution in [2.75, 3.05) is 52.5 Å². The highest BCUT2D eigenvalue weighted by atomic mass is 16.5. The van der Waals surface area contributed by atoms with Crippen molar-refractivity contribution in [3.8, 4) is 0 Å². The molecule has 0 saturated carbocycles. The molecular weight excluding hydrogens is 592 g/mol. The maximum absolute atomic E-state index is 13.0. The van der Waals surface area contributed by atoms with Crippen LogP contribution in [0.3, 0.4) is 0 Å². The van der Waals surface area contributed by atoms with Crippen molar-refractivity contribution in [2.45, 2.75) is 175 Å². The largest absolute Gasteiger partial charge is 0.465 e. The summed E-state index contributed by atoms with van der Waals surface area (Å²) >= 11 is 0. The quantitative estimate of drug-likeness (QED) is 0.0585. The highest BCUT2D eigenvalue weighted by Gasteiger charge is 2.38. The van der Waals surface area contributed by atoms with Gasteiger partial charge in [0.15, 0.2) is 0 Å². The van der Waals surface area contributed by atoms with Crippen LogP contribution in [0.1, 0.15) is 175 Å². The van der Waals surface area contributed by atoms with Gasteiger partial charge in [-0.3, -0.25) is 14.4 Å². The van der Waals surface area contributed by atoms with Gasteiger partial charge in [-0.15, -0.1) is 0 Å². The lowest BCUT2D eigenvalue weighted by molar-refractivity contribution is -0.158. The maximum atomic E-state index is 13.0. The van der Waals surface area contributed by atoms with E-state index in [0.717, 1.165) is 38.6 Å². The summed E-state index contributed by atoms with van der Waals surface area (Å²) in [6.45, 7) is 10.4. The first-order chi connectivity index (χ1) is 22.9. The zero-order chi connectivity index (χ0) is 34.4. The molecule has 1 fully saturated rings. The normalized spacial score (nSPS) is 14.4. The van der Waals surface area contributed by atoms with E-state index >= 15 is 0 Å². The predicted octanol–water partition coefficient (Wildman–Crippen LogP) is 8.62. The highest BCUT2D eigenvalue weighted by Crippen LogP contribution is 2.33. The van der Waals surface area contributed by atoms with Gasteiger partial charge in [-0.05, 0) is 38.6 Å². The van der Waals surface area contributed by atoms with Crippen LogP contribution >= 0.6 is 0 Å². The first-order valence-electron chi connectivity index (χ1n) is 19.8. The van der Waals surface area contributed by atoms with E-state index in [1.807, 2.05) is 4.90 Å². The Bertz CT molecular complexity index is 737. The predicted molar refractivity (Wildman–Crippen MR) is 192 cm³/mol. The minimum atomic E-state index is -0.454. The molecule has 8 heteroatoms. The van der Waals surface area contributed by atoms with Crippen LogP contribution in [0.5, 0.6) is 0 Å². The van der Waals surface area contributed by atoms with Crippen molar-refractivity contribution >= 4 is 17.8 Å². The number of esters is 2. The molecule has 0 spiro atoms. The standard InChI is InChI=1S/C39H74N2O6/c1-4-7-9-11-13-15-17-19-21-23-37(44)46-34-39(35-47-38(45)24-22-20-18-16-14-12-10-8-5-2)26-30-41(31-27-39)36(43)25-29-40(28-6-3)32-33-42/h42H,4-35H2,1-3H3. The summed E-state index contributed by atoms with van der Waals surface area (Å²) in [5.41, 5.74) is -0.454. The molecular formula is C39H74N2O6. The molecule has 276 valence electrons. The number of aliphatic hydroxyl groups excluding tert-OH is 1. The molecule has 1 aliphatic rings. The molecule has 1 N–H and O–H groups in total. The Morgan fingerprint density at radius 3 is 1.40 bits per heavy atom. The average Bonchev–Trinajstić information content (AvgIpc) is 3.07. The van der Waals surface area contributed by atoms with E-state index in [0.29, 0.717) is 58.3 Å². The summed E-state index contributed by atoms with van der Waals surface area (Å²) in [6, 6.07) is 0. The molecule has 0 unspecified atom stereocenters. The SMILES string of the molecule is CCCCCCCCCCCC(=O)OCC1(COC(=O)CCCCCCCCCCC)CCN(C(=O)CCN(CCC)CCO)CC1. The number of aliphatic hydroxyl groups is 1. The zero-order valence-electron chi connectivity index (χ0n) is 31.0. The fourth-order valence-corrected chi connectivity index (χ4v) is 6.54. The van der Waals surface area contributed by atoms with E-state index in [2.05, 4.69) is 25.7 Å². The Labute approximate surface area is 289 Å². The first-order valence-corrected chi connectivity index (χ1v) is 19.8. The van der Waals surface area contributed by atoms with Crippen LogP contribution in [0, 0.1) is 5.41 Å². The van der Waals surface area contributed by atoms with Crippen LogP contribution in [0.25, 0.3) is 0 Å². The molecule has 0 aromatic heterocycles. The van der Waals surface area contributed by atoms with Gasteiger partial charge in [0.2, 0.25) is 5.91 Å². The number of carbonyl (C=O) groups excluding carboxylic acids is 3. The number of ether oxygens (including phenoxy) is 2. The third kappa shape index (κ3) is 22.6. The fourth-order valence-electron chi connectivity index (χ4n) is 6.54. The van der Waals surface area contributed by atoms with Gasteiger partial charge >= 0.3 is 11.9 Å². The Hall–Kier alpha value is -1.67. The van der Waals surface area contributed by atoms with Crippen molar-refractivity contribution in [1.82, 2.24) is 9.80 Å². The monoisotopic (exact) mass is 667 g/mol. The van der Waals surface area contributed by atoms with Crippen LogP contribution in [-0.2, 0) is 23.9 Å². The van der Waals surface area contributed by atoms with E-state index in [1.54, 1.807) is 0 Å². The third-order valence-electron chi connectivity index (χ3n) is 9.82. The summed E-state index contributed by atoms with van der Waals surface area (Å²) in [5.74, 6) is -0.235. The minimum absolute atomic E-state index is 0.0934. The molecule has 1 heterocycles. The Kier molecular flexibility index (Phi) is 27.0. The fraction of sp³-hybridized carbons (Fsp3) is 0.923. The van der Waals surface area contributed by atoms with Gasteiger partial charge in [0.25, 0.3) is 0 Å². The Morgan fingerprint density at radius 2 is 1.00 bits per heavy atom. The number of piperidine rings is 1. The molecule has 0 bridgehead atoms. The van der Waals surface area contributed by atoms with Crippen LogP contribution in [0.2, 0.25) is 0 Å². The second-order valence-electron chi connectivity index (χ2n) is 14.2. The number of likely N-dealkylation sites (tertiary alicyclic amines) is 1. The van der Waals surface area contributed by atoms with Crippen molar-refractivity contribution < 1.29 is 29.0 Å². The van der Waals surface area contributed by atoms with Gasteiger partial charge in [-0.2, -0.15) is 0 Å². The number of unbranched alkanes of at least 4 members (excludes halogenated alkanes) is 16. The second-order valence-corrected chi connectivity index (χ2v) is 14.2. The molecule has 0 aliphatic carbocycles. The molecule has 1 saturated heterocycles. The smallest absolute Gasteiger partial charge is 0.305 e. The van der Waals surface area contributed by atoms with Gasteiger partial charge in [0, 0.05) is 50.9 Å². The minimum Gasteiger partial charge on any atom is -0.465 e. The second kappa shape index (κ2) is 29.3. The zero-order valence-corrected chi connectivity index (χ0v) is 31.0. The number of hydrogen-bond acceptors (Lipinski definition) is 7. The number of rotatable bonds is 31. The van der Waals surface area contributed by atoms with E-state index in [4.69, 9.17) is 9.47 Å². The van der Waals surface area contributed by atoms with Crippen molar-refractivity contribution in [3.05, 3.63) is 0 Å². The molecule has 0 aromatic rings. The molecule has 1 amide bonds. The molecule has 0 aromatic carbocycles. The molecule has 1 rings (SSSR count). The number of nitrogens with zero attached hydrogens (tertiary/aromatic N) is 2. The summed E-state index contributed by atoms with van der Waals surface area (Å²) in [6.07, 6.45) is 25.2. The molecule has 47 heavy (non-hydrogen) atoms. The van der Waals surface area contributed by atoms with Gasteiger partial charge in [0.05, 0.1) is 6.61 Å². The lowest BCUT2D eigenvalue weighted by atomic mass is 9.79. The molecule has 8 nitrogen and oxygen atoms in total. The summed E-state index contributed by atoms with van der Waals surface area (Å²) < 4.78 is 11.6. The van der Waals surface area contributed by atoms with E-state index in [1.165, 1.54) is 89.9 Å². The Morgan fingerprint density at radius 1 is 0.574 bits per heavy atom. The summed E-state index contributed by atoms with van der Waals surface area (Å²) in [5, 5.41) is 9.34. The first kappa shape index (κ1) is 43.4. The van der Waals surface area contributed by atoms with Gasteiger partial charge in [0.1, 0.15) is 13.2 Å². The summed E-state index contributed by atoms with van der Waals surface area (Å²) in [4.78, 5) is 42.4.